The molecule has 1 amide bonds. The maximum atomic E-state index is 13.1. The smallest absolute Gasteiger partial charge is 0.253 e. The van der Waals surface area contributed by atoms with Crippen LogP contribution in [0.15, 0.2) is 61.1 Å². The van der Waals surface area contributed by atoms with Gasteiger partial charge in [-0.15, -0.1) is 12.4 Å². The van der Waals surface area contributed by atoms with Gasteiger partial charge in [-0.3, -0.25) is 9.20 Å². The van der Waals surface area contributed by atoms with E-state index in [-0.39, 0.29) is 18.3 Å². The van der Waals surface area contributed by atoms with Gasteiger partial charge in [0, 0.05) is 47.8 Å². The maximum absolute atomic E-state index is 13.1. The minimum Gasteiger partial charge on any atom is -0.342 e. The van der Waals surface area contributed by atoms with Crippen LogP contribution >= 0.6 is 24.0 Å². The molecule has 37 heavy (non-hydrogen) atoms. The molecule has 0 radical (unpaired) electrons. The second-order valence-electron chi connectivity index (χ2n) is 9.48. The Morgan fingerprint density at radius 1 is 1.16 bits per heavy atom. The zero-order valence-corrected chi connectivity index (χ0v) is 22.6. The fourth-order valence-corrected chi connectivity index (χ4v) is 4.94. The summed E-state index contributed by atoms with van der Waals surface area (Å²) in [6.07, 6.45) is 8.92. The number of aromatic nitrogens is 3. The van der Waals surface area contributed by atoms with Gasteiger partial charge in [0.25, 0.3) is 5.91 Å². The summed E-state index contributed by atoms with van der Waals surface area (Å²) < 4.78 is 2.00. The van der Waals surface area contributed by atoms with Crippen molar-refractivity contribution in [2.24, 2.45) is 5.92 Å². The molecule has 4 aromatic rings. The van der Waals surface area contributed by atoms with E-state index in [9.17, 15) is 4.79 Å². The molecule has 0 spiro atoms. The van der Waals surface area contributed by atoms with Crippen LogP contribution in [0.1, 0.15) is 35.2 Å². The Labute approximate surface area is 228 Å². The van der Waals surface area contributed by atoms with Crippen LogP contribution in [0.25, 0.3) is 16.9 Å². The van der Waals surface area contributed by atoms with Crippen LogP contribution in [-0.4, -0.2) is 51.9 Å². The zero-order valence-electron chi connectivity index (χ0n) is 21.1. The number of fused-ring (bicyclic) bond motifs is 1. The van der Waals surface area contributed by atoms with Crippen molar-refractivity contribution in [1.29, 1.82) is 0 Å². The van der Waals surface area contributed by atoms with E-state index in [1.807, 2.05) is 78.1 Å². The number of carbonyl (C=O) groups is 1. The molecule has 1 aliphatic heterocycles. The lowest BCUT2D eigenvalue weighted by Crippen LogP contribution is -2.32. The number of rotatable bonds is 7. The highest BCUT2D eigenvalue weighted by atomic mass is 35.5. The van der Waals surface area contributed by atoms with E-state index in [0.717, 1.165) is 59.8 Å². The quantitative estimate of drug-likeness (QED) is 0.302. The number of nitrogens with one attached hydrogen (secondary N) is 2. The van der Waals surface area contributed by atoms with Crippen LogP contribution < -0.4 is 10.6 Å². The van der Waals surface area contributed by atoms with Crippen molar-refractivity contribution in [1.82, 2.24) is 24.6 Å². The normalized spacial score (nSPS) is 13.8. The number of hydrogen-bond donors (Lipinski definition) is 2. The van der Waals surface area contributed by atoms with Crippen molar-refractivity contribution in [3.8, 4) is 11.3 Å². The third kappa shape index (κ3) is 6.06. The van der Waals surface area contributed by atoms with Crippen molar-refractivity contribution in [2.75, 3.05) is 32.0 Å². The van der Waals surface area contributed by atoms with Crippen LogP contribution in [0.3, 0.4) is 0 Å². The van der Waals surface area contributed by atoms with E-state index in [4.69, 9.17) is 11.6 Å². The van der Waals surface area contributed by atoms with E-state index in [1.165, 1.54) is 12.8 Å². The molecule has 5 rings (SSSR count). The van der Waals surface area contributed by atoms with E-state index >= 15 is 0 Å². The number of carbonyl (C=O) groups excluding carboxylic acids is 1. The molecule has 0 aliphatic carbocycles. The van der Waals surface area contributed by atoms with Crippen LogP contribution in [0, 0.1) is 12.8 Å². The minimum absolute atomic E-state index is 0. The topological polar surface area (TPSA) is 74.6 Å². The molecule has 3 heterocycles. The first-order valence-corrected chi connectivity index (χ1v) is 12.8. The van der Waals surface area contributed by atoms with E-state index in [2.05, 4.69) is 20.6 Å². The van der Waals surface area contributed by atoms with Gasteiger partial charge in [-0.25, -0.2) is 9.97 Å². The lowest BCUT2D eigenvalue weighted by molar-refractivity contribution is 0.0784. The van der Waals surface area contributed by atoms with Gasteiger partial charge >= 0.3 is 0 Å². The Morgan fingerprint density at radius 2 is 1.92 bits per heavy atom. The van der Waals surface area contributed by atoms with Gasteiger partial charge < -0.3 is 15.5 Å². The summed E-state index contributed by atoms with van der Waals surface area (Å²) in [6, 6.07) is 13.5. The molecule has 2 aromatic heterocycles. The number of nitrogens with zero attached hydrogens (tertiary/aromatic N) is 4. The molecule has 1 fully saturated rings. The average molecular weight is 540 g/mol. The monoisotopic (exact) mass is 538 g/mol. The van der Waals surface area contributed by atoms with Gasteiger partial charge in [-0.2, -0.15) is 0 Å². The molecule has 2 aromatic carbocycles. The van der Waals surface area contributed by atoms with Crippen molar-refractivity contribution in [2.45, 2.75) is 26.2 Å². The van der Waals surface area contributed by atoms with Crippen molar-refractivity contribution in [3.05, 3.63) is 77.2 Å². The molecule has 0 atom stereocenters. The Kier molecular flexibility index (Phi) is 8.69. The predicted octanol–water partition coefficient (Wildman–Crippen LogP) is 5.99. The number of halogens is 2. The number of imidazole rings is 1. The second kappa shape index (κ2) is 11.9. The number of piperidine rings is 1. The predicted molar refractivity (Wildman–Crippen MR) is 152 cm³/mol. The number of anilines is 2. The van der Waals surface area contributed by atoms with Gasteiger partial charge in [0.2, 0.25) is 0 Å². The molecule has 1 aliphatic rings. The van der Waals surface area contributed by atoms with E-state index in [0.29, 0.717) is 16.8 Å². The highest BCUT2D eigenvalue weighted by Gasteiger charge is 2.18. The molecule has 0 bridgehead atoms. The van der Waals surface area contributed by atoms with Gasteiger partial charge in [0.05, 0.1) is 11.9 Å². The zero-order chi connectivity index (χ0) is 25.1. The van der Waals surface area contributed by atoms with Crippen LogP contribution in [-0.2, 0) is 0 Å². The number of hydrogen-bond acceptors (Lipinski definition) is 5. The molecule has 1 saturated heterocycles. The summed E-state index contributed by atoms with van der Waals surface area (Å²) in [6.45, 7) is 4.92. The Bertz CT molecular complexity index is 1370. The number of amides is 1. The summed E-state index contributed by atoms with van der Waals surface area (Å²) in [5, 5.41) is 7.48. The lowest BCUT2D eigenvalue weighted by Gasteiger charge is -2.25. The molecule has 7 nitrogen and oxygen atoms in total. The van der Waals surface area contributed by atoms with Crippen LogP contribution in [0.4, 0.5) is 11.5 Å². The fourth-order valence-electron chi connectivity index (χ4n) is 4.81. The van der Waals surface area contributed by atoms with E-state index < -0.39 is 0 Å². The number of benzene rings is 2. The summed E-state index contributed by atoms with van der Waals surface area (Å²) in [4.78, 5) is 24.1. The van der Waals surface area contributed by atoms with Gasteiger partial charge in [-0.1, -0.05) is 23.7 Å². The standard InChI is InChI=1S/C28H31ClN6O.ClH/c1-19-17-23(7-8-24(19)28(36)34(2)15-11-20-9-12-30-13-10-20)33-26-27-32-18-25(35(27)16-14-31-26)21-3-5-22(29)6-4-21;/h3-8,14,16-18,20,30H,9-13,15H2,1-2H3,(H,31,33);1H. The first-order chi connectivity index (χ1) is 17.5. The minimum atomic E-state index is 0. The fraction of sp³-hybridized carbons (Fsp3) is 0.321. The first kappa shape index (κ1) is 26.9. The van der Waals surface area contributed by atoms with Gasteiger partial charge in [0.1, 0.15) is 0 Å². The molecule has 0 unspecified atom stereocenters. The van der Waals surface area contributed by atoms with Crippen molar-refractivity contribution in [3.63, 3.8) is 0 Å². The average Bonchev–Trinajstić information content (AvgIpc) is 3.33. The third-order valence-corrected chi connectivity index (χ3v) is 7.22. The lowest BCUT2D eigenvalue weighted by atomic mass is 9.94. The molecular formula is C28H32Cl2N6O. The molecule has 0 saturated carbocycles. The molecule has 194 valence electrons. The highest BCUT2D eigenvalue weighted by Crippen LogP contribution is 2.27. The number of aryl methyl sites for hydroxylation is 1. The van der Waals surface area contributed by atoms with Crippen molar-refractivity contribution < 1.29 is 4.79 Å². The van der Waals surface area contributed by atoms with Gasteiger partial charge in [0.15, 0.2) is 11.5 Å². The van der Waals surface area contributed by atoms with Gasteiger partial charge in [-0.05, 0) is 81.1 Å². The molecule has 2 N–H and O–H groups in total. The Balaban J connectivity index is 0.00000320. The van der Waals surface area contributed by atoms with E-state index in [1.54, 1.807) is 6.20 Å². The van der Waals surface area contributed by atoms with Crippen LogP contribution in [0.5, 0.6) is 0 Å². The second-order valence-corrected chi connectivity index (χ2v) is 9.92. The molecular weight excluding hydrogens is 507 g/mol. The van der Waals surface area contributed by atoms with Crippen molar-refractivity contribution >= 4 is 47.1 Å². The Morgan fingerprint density at radius 3 is 2.65 bits per heavy atom. The summed E-state index contributed by atoms with van der Waals surface area (Å²) in [5.74, 6) is 1.41. The van der Waals surface area contributed by atoms with Crippen LogP contribution in [0.2, 0.25) is 5.02 Å². The summed E-state index contributed by atoms with van der Waals surface area (Å²) in [7, 11) is 1.90. The maximum Gasteiger partial charge on any atom is 0.253 e. The molecule has 9 heteroatoms. The highest BCUT2D eigenvalue weighted by molar-refractivity contribution is 6.30. The summed E-state index contributed by atoms with van der Waals surface area (Å²) >= 11 is 6.05. The Hall–Kier alpha value is -3.13. The third-order valence-electron chi connectivity index (χ3n) is 6.97. The first-order valence-electron chi connectivity index (χ1n) is 12.4. The largest absolute Gasteiger partial charge is 0.342 e. The summed E-state index contributed by atoms with van der Waals surface area (Å²) in [5.41, 5.74) is 5.21. The SMILES string of the molecule is Cc1cc(Nc2nccn3c(-c4ccc(Cl)cc4)cnc23)ccc1C(=O)N(C)CCC1CCNCC1.Cl.